The van der Waals surface area contributed by atoms with E-state index < -0.39 is 5.54 Å². The molecule has 0 amide bonds. The number of benzene rings is 3. The molecule has 1 unspecified atom stereocenters. The zero-order valence-electron chi connectivity index (χ0n) is 22.0. The Morgan fingerprint density at radius 3 is 2.42 bits per heavy atom. The average Bonchev–Trinajstić information content (AvgIpc) is 2.94. The maximum Gasteiger partial charge on any atom is 0.308 e. The number of anilines is 1. The molecular formula is C31H35FN2O4. The van der Waals surface area contributed by atoms with Gasteiger partial charge >= 0.3 is 5.97 Å². The van der Waals surface area contributed by atoms with E-state index in [2.05, 4.69) is 28.9 Å². The SMILES string of the molecule is CC1(c2ccc(OCCN3CCC(C(=O)O[11CH3])CC3)cc2)c2ccc(O)cc2CCN1c1ccc(F)cc1. The van der Waals surface area contributed by atoms with Gasteiger partial charge in [0.2, 0.25) is 0 Å². The van der Waals surface area contributed by atoms with E-state index in [0.29, 0.717) is 6.61 Å². The number of likely N-dealkylation sites (tertiary alicyclic amines) is 1. The van der Waals surface area contributed by atoms with Gasteiger partial charge in [-0.05, 0) is 104 Å². The van der Waals surface area contributed by atoms with Crippen LogP contribution in [0.2, 0.25) is 0 Å². The van der Waals surface area contributed by atoms with Crippen molar-refractivity contribution in [1.82, 2.24) is 4.90 Å². The van der Waals surface area contributed by atoms with E-state index in [9.17, 15) is 14.3 Å². The van der Waals surface area contributed by atoms with Crippen LogP contribution in [0.3, 0.4) is 0 Å². The lowest BCUT2D eigenvalue weighted by molar-refractivity contribution is -0.147. The van der Waals surface area contributed by atoms with Crippen molar-refractivity contribution in [2.45, 2.75) is 31.7 Å². The lowest BCUT2D eigenvalue weighted by Gasteiger charge is -2.48. The highest BCUT2D eigenvalue weighted by atomic mass is 19.1. The second-order valence-electron chi connectivity index (χ2n) is 10.3. The summed E-state index contributed by atoms with van der Waals surface area (Å²) in [6.07, 6.45) is 2.43. The summed E-state index contributed by atoms with van der Waals surface area (Å²) in [6.45, 7) is 6.04. The maximum atomic E-state index is 13.7. The summed E-state index contributed by atoms with van der Waals surface area (Å²) in [6, 6.07) is 20.4. The van der Waals surface area contributed by atoms with Gasteiger partial charge in [-0.3, -0.25) is 9.69 Å². The minimum Gasteiger partial charge on any atom is -0.508 e. The first kappa shape index (κ1) is 26.0. The van der Waals surface area contributed by atoms with Gasteiger partial charge in [-0.2, -0.15) is 0 Å². The van der Waals surface area contributed by atoms with E-state index in [1.165, 1.54) is 19.2 Å². The van der Waals surface area contributed by atoms with Gasteiger partial charge < -0.3 is 19.5 Å². The van der Waals surface area contributed by atoms with E-state index >= 15 is 0 Å². The Bertz CT molecular complexity index is 1260. The highest BCUT2D eigenvalue weighted by Gasteiger charge is 2.40. The van der Waals surface area contributed by atoms with Crippen molar-refractivity contribution in [3.63, 3.8) is 0 Å². The van der Waals surface area contributed by atoms with Gasteiger partial charge in [-0.1, -0.05) is 18.2 Å². The number of nitrogens with zero attached hydrogens (tertiary/aromatic N) is 2. The number of hydrogen-bond donors (Lipinski definition) is 1. The number of phenols is 1. The smallest absolute Gasteiger partial charge is 0.308 e. The molecule has 5 rings (SSSR count). The fraction of sp³-hybridized carbons (Fsp3) is 0.387. The fourth-order valence-corrected chi connectivity index (χ4v) is 5.91. The number of carbonyl (C=O) groups is 1. The van der Waals surface area contributed by atoms with Crippen molar-refractivity contribution in [3.8, 4) is 11.5 Å². The topological polar surface area (TPSA) is 62.2 Å². The molecule has 7 heteroatoms. The fourth-order valence-electron chi connectivity index (χ4n) is 5.91. The van der Waals surface area contributed by atoms with Crippen molar-refractivity contribution < 1.29 is 23.8 Å². The van der Waals surface area contributed by atoms with Crippen LogP contribution < -0.4 is 9.64 Å². The summed E-state index contributed by atoms with van der Waals surface area (Å²) in [4.78, 5) is 16.4. The van der Waals surface area contributed by atoms with Gasteiger partial charge in [0.15, 0.2) is 0 Å². The van der Waals surface area contributed by atoms with Crippen molar-refractivity contribution in [1.29, 1.82) is 0 Å². The molecular weight excluding hydrogens is 482 g/mol. The molecule has 0 aromatic heterocycles. The molecule has 3 aromatic carbocycles. The van der Waals surface area contributed by atoms with Crippen LogP contribution in [0.15, 0.2) is 66.7 Å². The normalized spacial score (nSPS) is 20.1. The molecule has 0 bridgehead atoms. The Hall–Kier alpha value is -3.58. The van der Waals surface area contributed by atoms with Gasteiger partial charge in [0, 0.05) is 18.8 Å². The summed E-state index contributed by atoms with van der Waals surface area (Å²) in [5, 5.41) is 10.1. The van der Waals surface area contributed by atoms with Crippen LogP contribution in [0.5, 0.6) is 11.5 Å². The first-order chi connectivity index (χ1) is 18.4. The predicted molar refractivity (Wildman–Crippen MR) is 145 cm³/mol. The lowest BCUT2D eigenvalue weighted by Crippen LogP contribution is -2.49. The number of fused-ring (bicyclic) bond motifs is 1. The summed E-state index contributed by atoms with van der Waals surface area (Å²) in [5.74, 6) is 0.711. The second-order valence-corrected chi connectivity index (χ2v) is 10.3. The molecule has 0 spiro atoms. The monoisotopic (exact) mass is 517 g/mol. The highest BCUT2D eigenvalue weighted by molar-refractivity contribution is 5.72. The third-order valence-electron chi connectivity index (χ3n) is 8.11. The molecule has 1 atom stereocenters. The van der Waals surface area contributed by atoms with E-state index in [1.807, 2.05) is 36.4 Å². The van der Waals surface area contributed by atoms with E-state index in [0.717, 1.165) is 73.6 Å². The number of rotatable bonds is 7. The Labute approximate surface area is 223 Å². The van der Waals surface area contributed by atoms with Crippen LogP contribution >= 0.6 is 0 Å². The quantitative estimate of drug-likeness (QED) is 0.439. The van der Waals surface area contributed by atoms with Gasteiger partial charge in [0.25, 0.3) is 0 Å². The molecule has 1 saturated heterocycles. The van der Waals surface area contributed by atoms with Crippen molar-refractivity contribution in [2.24, 2.45) is 5.92 Å². The van der Waals surface area contributed by atoms with Crippen molar-refractivity contribution >= 4 is 11.7 Å². The van der Waals surface area contributed by atoms with Crippen LogP contribution in [0, 0.1) is 11.7 Å². The van der Waals surface area contributed by atoms with E-state index in [4.69, 9.17) is 9.47 Å². The highest BCUT2D eigenvalue weighted by Crippen LogP contribution is 2.44. The van der Waals surface area contributed by atoms with Crippen LogP contribution in [-0.2, 0) is 21.5 Å². The zero-order chi connectivity index (χ0) is 26.7. The molecule has 6 nitrogen and oxygen atoms in total. The first-order valence-electron chi connectivity index (χ1n) is 13.3. The number of methoxy groups -OCH3 is 1. The number of ether oxygens (including phenoxy) is 2. The minimum atomic E-state index is -0.512. The Balaban J connectivity index is 1.30. The van der Waals surface area contributed by atoms with Crippen molar-refractivity contribution in [3.05, 3.63) is 89.2 Å². The number of hydrogen-bond acceptors (Lipinski definition) is 6. The standard InChI is InChI=1S/C31H35FN2O4/c1-31(29-12-9-27(35)21-23(29)15-18-34(31)26-7-5-25(32)6-8-26)24-3-10-28(11-4-24)38-20-19-33-16-13-22(14-17-33)30(36)37-2/h3-12,21-22,35H,13-20H2,1-2H3/i2-1. The number of carbonyl (C=O) groups excluding carboxylic acids is 1. The molecule has 1 N–H and O–H groups in total. The minimum absolute atomic E-state index is 0.00874. The van der Waals surface area contributed by atoms with Crippen molar-refractivity contribution in [2.75, 3.05) is 44.8 Å². The Morgan fingerprint density at radius 1 is 1.03 bits per heavy atom. The van der Waals surface area contributed by atoms with Gasteiger partial charge in [0.1, 0.15) is 23.9 Å². The van der Waals surface area contributed by atoms with E-state index in [-0.39, 0.29) is 23.5 Å². The molecule has 2 aliphatic rings. The largest absolute Gasteiger partial charge is 0.508 e. The zero-order valence-corrected chi connectivity index (χ0v) is 22.0. The van der Waals surface area contributed by atoms with Gasteiger partial charge in [-0.15, -0.1) is 0 Å². The summed E-state index contributed by atoms with van der Waals surface area (Å²) < 4.78 is 24.6. The number of esters is 1. The number of halogens is 1. The Morgan fingerprint density at radius 2 is 1.74 bits per heavy atom. The van der Waals surface area contributed by atoms with Crippen LogP contribution in [0.4, 0.5) is 10.1 Å². The lowest BCUT2D eigenvalue weighted by atomic mass is 9.76. The van der Waals surface area contributed by atoms with E-state index in [1.54, 1.807) is 6.07 Å². The number of aromatic hydroxyl groups is 1. The first-order valence-corrected chi connectivity index (χ1v) is 13.3. The van der Waals surface area contributed by atoms with Crippen LogP contribution in [0.25, 0.3) is 0 Å². The second kappa shape index (κ2) is 11.0. The van der Waals surface area contributed by atoms with Crippen LogP contribution in [-0.4, -0.2) is 55.9 Å². The molecule has 0 aliphatic carbocycles. The molecule has 0 saturated carbocycles. The Kier molecular flexibility index (Phi) is 7.56. The van der Waals surface area contributed by atoms with Gasteiger partial charge in [0.05, 0.1) is 18.6 Å². The summed E-state index contributed by atoms with van der Waals surface area (Å²) >= 11 is 0. The van der Waals surface area contributed by atoms with Crippen LogP contribution in [0.1, 0.15) is 36.5 Å². The van der Waals surface area contributed by atoms with Gasteiger partial charge in [-0.25, -0.2) is 4.39 Å². The number of phenolic OH excluding ortho intramolecular Hbond substituents is 1. The third-order valence-corrected chi connectivity index (χ3v) is 8.11. The molecule has 3 aromatic rings. The summed E-state index contributed by atoms with van der Waals surface area (Å²) in [7, 11) is 1.45. The molecule has 1 fully saturated rings. The summed E-state index contributed by atoms with van der Waals surface area (Å²) in [5.41, 5.74) is 3.76. The number of piperidine rings is 1. The predicted octanol–water partition coefficient (Wildman–Crippen LogP) is 5.12. The molecule has 0 radical (unpaired) electrons. The maximum absolute atomic E-state index is 13.7. The molecule has 2 aliphatic heterocycles. The molecule has 2 heterocycles. The molecule has 38 heavy (non-hydrogen) atoms. The molecule has 200 valence electrons. The average molecular weight is 518 g/mol. The third kappa shape index (κ3) is 5.20.